The molecule has 0 saturated heterocycles. The number of carbonyl (C=O) groups is 1. The average Bonchev–Trinajstić information content (AvgIpc) is 2.44. The normalized spacial score (nSPS) is 10.2. The van der Waals surface area contributed by atoms with Gasteiger partial charge in [0.25, 0.3) is 0 Å². The van der Waals surface area contributed by atoms with Crippen molar-refractivity contribution < 1.29 is 9.53 Å². The Labute approximate surface area is 132 Å². The second-order valence-corrected chi connectivity index (χ2v) is 5.19. The van der Waals surface area contributed by atoms with Gasteiger partial charge in [-0.15, -0.1) is 0 Å². The Kier molecular flexibility index (Phi) is 5.31. The van der Waals surface area contributed by atoms with E-state index in [1.165, 1.54) is 0 Å². The van der Waals surface area contributed by atoms with E-state index in [1.807, 2.05) is 0 Å². The Hall–Kier alpha value is -1.91. The molecule has 0 atom stereocenters. The standard InChI is InChI=1S/C15H14Cl2N2O2/c16-10-1-6-14(13(17)9-10)21-8-7-15(20)19-12-4-2-11(18)3-5-12/h1-6,9H,7-8,18H2,(H,19,20). The smallest absolute Gasteiger partial charge is 0.227 e. The van der Waals surface area contributed by atoms with Gasteiger partial charge in [0.1, 0.15) is 5.75 Å². The Balaban J connectivity index is 1.80. The van der Waals surface area contributed by atoms with Crippen LogP contribution in [0.15, 0.2) is 42.5 Å². The number of carbonyl (C=O) groups excluding carboxylic acids is 1. The van der Waals surface area contributed by atoms with Crippen molar-refractivity contribution in [3.05, 3.63) is 52.5 Å². The van der Waals surface area contributed by atoms with Gasteiger partial charge in [0.15, 0.2) is 0 Å². The molecule has 0 fully saturated rings. The van der Waals surface area contributed by atoms with Crippen LogP contribution in [0.4, 0.5) is 11.4 Å². The van der Waals surface area contributed by atoms with Crippen molar-refractivity contribution >= 4 is 40.5 Å². The molecule has 0 radical (unpaired) electrons. The number of nitrogen functional groups attached to an aromatic ring is 1. The molecule has 0 aliphatic heterocycles. The Morgan fingerprint density at radius 3 is 2.52 bits per heavy atom. The van der Waals surface area contributed by atoms with Crippen molar-refractivity contribution in [3.8, 4) is 5.75 Å². The molecule has 1 amide bonds. The second kappa shape index (κ2) is 7.20. The molecule has 6 heteroatoms. The highest BCUT2D eigenvalue weighted by molar-refractivity contribution is 6.35. The molecule has 110 valence electrons. The number of halogens is 2. The quantitative estimate of drug-likeness (QED) is 0.817. The predicted molar refractivity (Wildman–Crippen MR) is 86.1 cm³/mol. The van der Waals surface area contributed by atoms with Gasteiger partial charge in [0.05, 0.1) is 18.1 Å². The summed E-state index contributed by atoms with van der Waals surface area (Å²) in [4.78, 5) is 11.8. The molecule has 3 N–H and O–H groups in total. The van der Waals surface area contributed by atoms with Crippen LogP contribution >= 0.6 is 23.2 Å². The van der Waals surface area contributed by atoms with Crippen molar-refractivity contribution in [2.24, 2.45) is 0 Å². The first-order valence-electron chi connectivity index (χ1n) is 6.28. The minimum absolute atomic E-state index is 0.148. The van der Waals surface area contributed by atoms with E-state index in [4.69, 9.17) is 33.7 Å². The number of benzene rings is 2. The van der Waals surface area contributed by atoms with Gasteiger partial charge in [-0.05, 0) is 42.5 Å². The first-order chi connectivity index (χ1) is 10.0. The SMILES string of the molecule is Nc1ccc(NC(=O)CCOc2ccc(Cl)cc2Cl)cc1. The maximum atomic E-state index is 11.8. The first-order valence-corrected chi connectivity index (χ1v) is 7.03. The molecule has 2 aromatic rings. The topological polar surface area (TPSA) is 64.3 Å². The van der Waals surface area contributed by atoms with Crippen LogP contribution in [0.1, 0.15) is 6.42 Å². The number of hydrogen-bond acceptors (Lipinski definition) is 3. The minimum Gasteiger partial charge on any atom is -0.491 e. The maximum absolute atomic E-state index is 11.8. The number of ether oxygens (including phenoxy) is 1. The van der Waals surface area contributed by atoms with Crippen LogP contribution in [0.25, 0.3) is 0 Å². The monoisotopic (exact) mass is 324 g/mol. The highest BCUT2D eigenvalue weighted by Gasteiger charge is 2.05. The van der Waals surface area contributed by atoms with Crippen LogP contribution < -0.4 is 15.8 Å². The van der Waals surface area contributed by atoms with Crippen LogP contribution in [0.5, 0.6) is 5.75 Å². The summed E-state index contributed by atoms with van der Waals surface area (Å²) in [5.41, 5.74) is 6.91. The zero-order valence-corrected chi connectivity index (χ0v) is 12.6. The lowest BCUT2D eigenvalue weighted by Crippen LogP contribution is -2.15. The lowest BCUT2D eigenvalue weighted by Gasteiger charge is -2.09. The maximum Gasteiger partial charge on any atom is 0.227 e. The molecule has 0 aliphatic carbocycles. The molecular formula is C15H14Cl2N2O2. The van der Waals surface area contributed by atoms with E-state index in [9.17, 15) is 4.79 Å². The Morgan fingerprint density at radius 1 is 1.14 bits per heavy atom. The number of hydrogen-bond donors (Lipinski definition) is 2. The largest absolute Gasteiger partial charge is 0.491 e. The van der Waals surface area contributed by atoms with E-state index in [1.54, 1.807) is 42.5 Å². The third-order valence-corrected chi connectivity index (χ3v) is 3.21. The van der Waals surface area contributed by atoms with Gasteiger partial charge >= 0.3 is 0 Å². The predicted octanol–water partition coefficient (Wildman–Crippen LogP) is 3.98. The average molecular weight is 325 g/mol. The zero-order valence-electron chi connectivity index (χ0n) is 11.1. The summed E-state index contributed by atoms with van der Waals surface area (Å²) in [7, 11) is 0. The van der Waals surface area contributed by atoms with Crippen molar-refractivity contribution in [3.63, 3.8) is 0 Å². The summed E-state index contributed by atoms with van der Waals surface area (Å²) >= 11 is 11.8. The molecule has 0 spiro atoms. The van der Waals surface area contributed by atoms with Gasteiger partial charge < -0.3 is 15.8 Å². The third-order valence-electron chi connectivity index (χ3n) is 2.68. The fraction of sp³-hybridized carbons (Fsp3) is 0.133. The zero-order chi connectivity index (χ0) is 15.2. The van der Waals surface area contributed by atoms with E-state index in [2.05, 4.69) is 5.32 Å². The Morgan fingerprint density at radius 2 is 1.86 bits per heavy atom. The molecule has 21 heavy (non-hydrogen) atoms. The van der Waals surface area contributed by atoms with Crippen molar-refractivity contribution in [1.29, 1.82) is 0 Å². The lowest BCUT2D eigenvalue weighted by atomic mass is 10.3. The first kappa shape index (κ1) is 15.5. The van der Waals surface area contributed by atoms with Crippen LogP contribution in [-0.2, 0) is 4.79 Å². The highest BCUT2D eigenvalue weighted by Crippen LogP contribution is 2.27. The molecule has 0 unspecified atom stereocenters. The van der Waals surface area contributed by atoms with Gasteiger partial charge in [0.2, 0.25) is 5.91 Å². The number of nitrogens with two attached hydrogens (primary N) is 1. The minimum atomic E-state index is -0.148. The van der Waals surface area contributed by atoms with Crippen molar-refractivity contribution in [2.45, 2.75) is 6.42 Å². The van der Waals surface area contributed by atoms with Gasteiger partial charge in [-0.1, -0.05) is 23.2 Å². The van der Waals surface area contributed by atoms with E-state index in [-0.39, 0.29) is 18.9 Å². The van der Waals surface area contributed by atoms with E-state index in [0.717, 1.165) is 0 Å². The van der Waals surface area contributed by atoms with Crippen LogP contribution in [0.2, 0.25) is 10.0 Å². The molecule has 0 aromatic heterocycles. The second-order valence-electron chi connectivity index (χ2n) is 4.34. The molecule has 0 bridgehead atoms. The molecule has 4 nitrogen and oxygen atoms in total. The van der Waals surface area contributed by atoms with Crippen LogP contribution in [-0.4, -0.2) is 12.5 Å². The van der Waals surface area contributed by atoms with Gasteiger partial charge in [0, 0.05) is 16.4 Å². The fourth-order valence-corrected chi connectivity index (χ4v) is 2.10. The highest BCUT2D eigenvalue weighted by atomic mass is 35.5. The summed E-state index contributed by atoms with van der Waals surface area (Å²) in [5, 5.41) is 3.70. The van der Waals surface area contributed by atoms with E-state index < -0.39 is 0 Å². The van der Waals surface area contributed by atoms with Crippen LogP contribution in [0, 0.1) is 0 Å². The molecular weight excluding hydrogens is 311 g/mol. The van der Waals surface area contributed by atoms with Crippen molar-refractivity contribution in [2.75, 3.05) is 17.7 Å². The molecule has 0 aliphatic rings. The van der Waals surface area contributed by atoms with Gasteiger partial charge in [-0.3, -0.25) is 4.79 Å². The third kappa shape index (κ3) is 4.85. The molecule has 2 aromatic carbocycles. The van der Waals surface area contributed by atoms with Crippen LogP contribution in [0.3, 0.4) is 0 Å². The molecule has 0 heterocycles. The molecule has 0 saturated carbocycles. The summed E-state index contributed by atoms with van der Waals surface area (Å²) < 4.78 is 5.45. The fourth-order valence-electron chi connectivity index (χ4n) is 1.64. The van der Waals surface area contributed by atoms with E-state index >= 15 is 0 Å². The Bertz CT molecular complexity index is 630. The number of anilines is 2. The van der Waals surface area contributed by atoms with E-state index in [0.29, 0.717) is 27.2 Å². The summed E-state index contributed by atoms with van der Waals surface area (Å²) in [5.74, 6) is 0.353. The lowest BCUT2D eigenvalue weighted by molar-refractivity contribution is -0.116. The number of rotatable bonds is 5. The van der Waals surface area contributed by atoms with Crippen molar-refractivity contribution in [1.82, 2.24) is 0 Å². The summed E-state index contributed by atoms with van der Waals surface area (Å²) in [6.45, 7) is 0.224. The summed E-state index contributed by atoms with van der Waals surface area (Å²) in [6.07, 6.45) is 0.212. The summed E-state index contributed by atoms with van der Waals surface area (Å²) in [6, 6.07) is 11.9. The molecule has 2 rings (SSSR count). The number of amides is 1. The number of nitrogens with one attached hydrogen (secondary N) is 1. The van der Waals surface area contributed by atoms with Gasteiger partial charge in [-0.25, -0.2) is 0 Å². The van der Waals surface area contributed by atoms with Gasteiger partial charge in [-0.2, -0.15) is 0 Å².